The maximum Gasteiger partial charge on any atom is 0.0106 e. The monoisotopic (exact) mass is 229 g/mol. The van der Waals surface area contributed by atoms with Crippen molar-refractivity contribution in [2.45, 2.75) is 26.7 Å². The van der Waals surface area contributed by atoms with Gasteiger partial charge in [0.2, 0.25) is 0 Å². The number of rotatable bonds is 10. The van der Waals surface area contributed by atoms with E-state index in [9.17, 15) is 0 Å². The van der Waals surface area contributed by atoms with Gasteiger partial charge in [-0.2, -0.15) is 0 Å². The van der Waals surface area contributed by atoms with Crippen molar-refractivity contribution in [2.75, 3.05) is 53.9 Å². The van der Waals surface area contributed by atoms with Gasteiger partial charge in [-0.15, -0.1) is 0 Å². The topological polar surface area (TPSA) is 18.5 Å². The summed E-state index contributed by atoms with van der Waals surface area (Å²) in [6.07, 6.45) is 2.59. The first-order valence-electron chi connectivity index (χ1n) is 6.56. The molecular formula is C13H31N3. The Morgan fingerprint density at radius 3 is 2.19 bits per heavy atom. The van der Waals surface area contributed by atoms with Crippen LogP contribution in [0, 0.1) is 5.92 Å². The zero-order valence-corrected chi connectivity index (χ0v) is 11.9. The van der Waals surface area contributed by atoms with Gasteiger partial charge in [0.25, 0.3) is 0 Å². The molecule has 1 N–H and O–H groups in total. The molecule has 0 amide bonds. The molecule has 0 rings (SSSR count). The zero-order chi connectivity index (χ0) is 12.4. The molecule has 3 nitrogen and oxygen atoms in total. The number of nitrogens with zero attached hydrogens (tertiary/aromatic N) is 2. The van der Waals surface area contributed by atoms with Crippen LogP contribution in [0.2, 0.25) is 0 Å². The van der Waals surface area contributed by atoms with Crippen molar-refractivity contribution < 1.29 is 0 Å². The first-order valence-corrected chi connectivity index (χ1v) is 6.56. The average Bonchev–Trinajstić information content (AvgIpc) is 2.19. The zero-order valence-electron chi connectivity index (χ0n) is 11.9. The van der Waals surface area contributed by atoms with Crippen molar-refractivity contribution >= 4 is 0 Å². The van der Waals surface area contributed by atoms with E-state index < -0.39 is 0 Å². The molecule has 0 heterocycles. The van der Waals surface area contributed by atoms with E-state index in [1.165, 1.54) is 32.5 Å². The van der Waals surface area contributed by atoms with Crippen molar-refractivity contribution in [3.63, 3.8) is 0 Å². The van der Waals surface area contributed by atoms with E-state index in [2.05, 4.69) is 50.1 Å². The Hall–Kier alpha value is -0.120. The maximum absolute atomic E-state index is 3.48. The summed E-state index contributed by atoms with van der Waals surface area (Å²) in [6.45, 7) is 10.4. The molecule has 0 aliphatic rings. The molecule has 0 aromatic carbocycles. The minimum absolute atomic E-state index is 0.766. The van der Waals surface area contributed by atoms with Crippen LogP contribution in [0.25, 0.3) is 0 Å². The lowest BCUT2D eigenvalue weighted by Crippen LogP contribution is -2.29. The van der Waals surface area contributed by atoms with Crippen LogP contribution in [-0.2, 0) is 0 Å². The van der Waals surface area contributed by atoms with Crippen LogP contribution in [0.5, 0.6) is 0 Å². The Balaban J connectivity index is 3.18. The largest absolute Gasteiger partial charge is 0.316 e. The Bertz CT molecular complexity index is 146. The quantitative estimate of drug-likeness (QED) is 0.573. The molecule has 0 atom stereocenters. The van der Waals surface area contributed by atoms with Crippen LogP contribution < -0.4 is 5.32 Å². The van der Waals surface area contributed by atoms with Gasteiger partial charge in [-0.05, 0) is 59.5 Å². The first kappa shape index (κ1) is 15.9. The Labute approximate surface area is 102 Å². The van der Waals surface area contributed by atoms with Gasteiger partial charge in [0.05, 0.1) is 0 Å². The van der Waals surface area contributed by atoms with E-state index >= 15 is 0 Å². The summed E-state index contributed by atoms with van der Waals surface area (Å²) >= 11 is 0. The molecule has 0 aliphatic heterocycles. The smallest absolute Gasteiger partial charge is 0.0106 e. The van der Waals surface area contributed by atoms with Gasteiger partial charge < -0.3 is 15.1 Å². The van der Waals surface area contributed by atoms with Crippen LogP contribution in [0.15, 0.2) is 0 Å². The fourth-order valence-corrected chi connectivity index (χ4v) is 1.50. The summed E-state index contributed by atoms with van der Waals surface area (Å²) in [5.74, 6) is 0.766. The molecule has 0 aromatic heterocycles. The number of hydrogen-bond donors (Lipinski definition) is 1. The predicted molar refractivity (Wildman–Crippen MR) is 73.0 cm³/mol. The molecule has 16 heavy (non-hydrogen) atoms. The molecule has 0 aliphatic carbocycles. The highest BCUT2D eigenvalue weighted by Crippen LogP contribution is 1.93. The number of unbranched alkanes of at least 4 members (excludes halogenated alkanes) is 1. The second kappa shape index (κ2) is 10.1. The second-order valence-corrected chi connectivity index (χ2v) is 5.41. The van der Waals surface area contributed by atoms with E-state index in [1.54, 1.807) is 0 Å². The summed E-state index contributed by atoms with van der Waals surface area (Å²) in [4.78, 5) is 4.66. The van der Waals surface area contributed by atoms with E-state index in [-0.39, 0.29) is 0 Å². The van der Waals surface area contributed by atoms with Crippen molar-refractivity contribution in [1.29, 1.82) is 0 Å². The molecule has 0 spiro atoms. The number of hydrogen-bond acceptors (Lipinski definition) is 3. The number of likely N-dealkylation sites (N-methyl/N-ethyl adjacent to an activating group) is 2. The Kier molecular flexibility index (Phi) is 9.99. The highest BCUT2D eigenvalue weighted by atomic mass is 15.1. The van der Waals surface area contributed by atoms with Crippen LogP contribution in [0.4, 0.5) is 0 Å². The SMILES string of the molecule is CC(C)CNCCCCN(C)CCN(C)C. The highest BCUT2D eigenvalue weighted by Gasteiger charge is 1.99. The summed E-state index contributed by atoms with van der Waals surface area (Å²) < 4.78 is 0. The third-order valence-electron chi connectivity index (χ3n) is 2.62. The molecule has 0 saturated carbocycles. The van der Waals surface area contributed by atoms with Crippen molar-refractivity contribution in [1.82, 2.24) is 15.1 Å². The van der Waals surface area contributed by atoms with Crippen molar-refractivity contribution in [2.24, 2.45) is 5.92 Å². The molecule has 0 unspecified atom stereocenters. The van der Waals surface area contributed by atoms with Crippen LogP contribution in [0.1, 0.15) is 26.7 Å². The van der Waals surface area contributed by atoms with Gasteiger partial charge >= 0.3 is 0 Å². The van der Waals surface area contributed by atoms with E-state index in [4.69, 9.17) is 0 Å². The van der Waals surface area contributed by atoms with Gasteiger partial charge in [-0.1, -0.05) is 13.8 Å². The lowest BCUT2D eigenvalue weighted by Gasteiger charge is -2.19. The fraction of sp³-hybridized carbons (Fsp3) is 1.00. The van der Waals surface area contributed by atoms with Crippen LogP contribution in [0.3, 0.4) is 0 Å². The lowest BCUT2D eigenvalue weighted by atomic mass is 10.2. The summed E-state index contributed by atoms with van der Waals surface area (Å²) in [5.41, 5.74) is 0. The highest BCUT2D eigenvalue weighted by molar-refractivity contribution is 4.56. The second-order valence-electron chi connectivity index (χ2n) is 5.41. The summed E-state index contributed by atoms with van der Waals surface area (Å²) in [6, 6.07) is 0. The van der Waals surface area contributed by atoms with Crippen molar-refractivity contribution in [3.05, 3.63) is 0 Å². The van der Waals surface area contributed by atoms with Crippen LogP contribution in [-0.4, -0.2) is 63.7 Å². The van der Waals surface area contributed by atoms with Crippen molar-refractivity contribution in [3.8, 4) is 0 Å². The Morgan fingerprint density at radius 2 is 1.62 bits per heavy atom. The summed E-state index contributed by atoms with van der Waals surface area (Å²) in [7, 11) is 6.47. The molecular weight excluding hydrogens is 198 g/mol. The normalized spacial score (nSPS) is 12.0. The van der Waals surface area contributed by atoms with E-state index in [0.29, 0.717) is 0 Å². The molecule has 0 bridgehead atoms. The third kappa shape index (κ3) is 12.0. The molecule has 3 heteroatoms. The lowest BCUT2D eigenvalue weighted by molar-refractivity contribution is 0.277. The minimum Gasteiger partial charge on any atom is -0.316 e. The fourth-order valence-electron chi connectivity index (χ4n) is 1.50. The molecule has 0 radical (unpaired) electrons. The van der Waals surface area contributed by atoms with Gasteiger partial charge in [-0.3, -0.25) is 0 Å². The number of nitrogens with one attached hydrogen (secondary N) is 1. The average molecular weight is 229 g/mol. The van der Waals surface area contributed by atoms with E-state index in [1.807, 2.05) is 0 Å². The first-order chi connectivity index (χ1) is 7.52. The van der Waals surface area contributed by atoms with E-state index in [0.717, 1.165) is 19.0 Å². The third-order valence-corrected chi connectivity index (χ3v) is 2.62. The van der Waals surface area contributed by atoms with Gasteiger partial charge in [0, 0.05) is 13.1 Å². The van der Waals surface area contributed by atoms with Gasteiger partial charge in [0.15, 0.2) is 0 Å². The standard InChI is InChI=1S/C13H31N3/c1-13(2)12-14-8-6-7-9-16(5)11-10-15(3)4/h13-14H,6-12H2,1-5H3. The molecule has 0 aromatic rings. The Morgan fingerprint density at radius 1 is 0.938 bits per heavy atom. The van der Waals surface area contributed by atoms with Gasteiger partial charge in [-0.25, -0.2) is 0 Å². The van der Waals surface area contributed by atoms with Gasteiger partial charge in [0.1, 0.15) is 0 Å². The predicted octanol–water partition coefficient (Wildman–Crippen LogP) is 1.51. The van der Waals surface area contributed by atoms with Crippen LogP contribution >= 0.6 is 0 Å². The minimum atomic E-state index is 0.766. The summed E-state index contributed by atoms with van der Waals surface area (Å²) in [5, 5.41) is 3.48. The maximum atomic E-state index is 3.48. The molecule has 0 saturated heterocycles. The molecule has 98 valence electrons. The molecule has 0 fully saturated rings.